The molecule has 1 aromatic carbocycles. The van der Waals surface area contributed by atoms with E-state index >= 15 is 0 Å². The van der Waals surface area contributed by atoms with Crippen LogP contribution < -0.4 is 20.7 Å². The van der Waals surface area contributed by atoms with Crippen molar-refractivity contribution in [2.24, 2.45) is 5.73 Å². The third kappa shape index (κ3) is 4.38. The summed E-state index contributed by atoms with van der Waals surface area (Å²) >= 11 is 1.44. The van der Waals surface area contributed by atoms with Crippen LogP contribution in [0.5, 0.6) is 0 Å². The molecule has 4 rings (SSSR count). The minimum atomic E-state index is -0.237. The van der Waals surface area contributed by atoms with E-state index in [-0.39, 0.29) is 36.2 Å². The van der Waals surface area contributed by atoms with Crippen LogP contribution in [0, 0.1) is 6.92 Å². The first-order chi connectivity index (χ1) is 14.9. The fraction of sp³-hybridized carbons (Fsp3) is 0.409. The van der Waals surface area contributed by atoms with Crippen molar-refractivity contribution in [2.45, 2.75) is 38.3 Å². The van der Waals surface area contributed by atoms with Gasteiger partial charge in [-0.3, -0.25) is 14.4 Å². The maximum Gasteiger partial charge on any atom is 0.261 e. The molecule has 2 aliphatic rings. The summed E-state index contributed by atoms with van der Waals surface area (Å²) in [4.78, 5) is 42.2. The third-order valence-corrected chi connectivity index (χ3v) is 7.09. The number of thiophene rings is 1. The van der Waals surface area contributed by atoms with Crippen molar-refractivity contribution >= 4 is 47.4 Å². The van der Waals surface area contributed by atoms with Crippen LogP contribution in [-0.4, -0.2) is 62.2 Å². The van der Waals surface area contributed by atoms with Crippen molar-refractivity contribution < 1.29 is 14.4 Å². The van der Waals surface area contributed by atoms with E-state index in [2.05, 4.69) is 5.32 Å². The first-order valence-corrected chi connectivity index (χ1v) is 11.5. The summed E-state index contributed by atoms with van der Waals surface area (Å²) in [5, 5.41) is 2.97. The molecular formula is C22H27BN4O3S. The Morgan fingerprint density at radius 1 is 1.29 bits per heavy atom. The van der Waals surface area contributed by atoms with Crippen molar-refractivity contribution in [2.75, 3.05) is 24.5 Å². The van der Waals surface area contributed by atoms with Gasteiger partial charge in [-0.2, -0.15) is 0 Å². The minimum Gasteiger partial charge on any atom is -0.346 e. The molecule has 2 aromatic rings. The number of amides is 3. The predicted octanol–water partition coefficient (Wildman–Crippen LogP) is 0.414. The van der Waals surface area contributed by atoms with Crippen molar-refractivity contribution in [3.63, 3.8) is 0 Å². The number of carbonyl (C=O) groups excluding carboxylic acids is 3. The number of nitrogens with zero attached hydrogens (tertiary/aromatic N) is 2. The standard InChI is InChI=1S/C22H27BN4O3S/c1-13-9-15(4-5-17(13)22(30)26-8-2-3-16(26)11-24)27-12-14(10-20(27)28)25-21(29)18-6-7-19(23)31-18/h4-7,9,14,16H,2-3,8,10-12,23-24H2,1H3,(H,25,29)/t14?,16-/m1/s1. The van der Waals surface area contributed by atoms with Gasteiger partial charge in [0.25, 0.3) is 11.8 Å². The Bertz CT molecular complexity index is 1020. The van der Waals surface area contributed by atoms with Crippen molar-refractivity contribution in [1.29, 1.82) is 0 Å². The molecule has 0 saturated carbocycles. The van der Waals surface area contributed by atoms with Gasteiger partial charge in [0.05, 0.1) is 10.9 Å². The molecule has 2 aliphatic heterocycles. The van der Waals surface area contributed by atoms with Crippen LogP contribution >= 0.6 is 11.3 Å². The van der Waals surface area contributed by atoms with E-state index in [0.29, 0.717) is 23.5 Å². The average Bonchev–Trinajstić information content (AvgIpc) is 3.47. The number of hydrogen-bond acceptors (Lipinski definition) is 5. The van der Waals surface area contributed by atoms with Gasteiger partial charge in [0.1, 0.15) is 0 Å². The van der Waals surface area contributed by atoms with E-state index in [1.54, 1.807) is 17.0 Å². The molecule has 2 fully saturated rings. The molecule has 2 atom stereocenters. The average molecular weight is 438 g/mol. The molecule has 0 spiro atoms. The lowest BCUT2D eigenvalue weighted by Gasteiger charge is -2.25. The lowest BCUT2D eigenvalue weighted by atomic mass is 10.1. The largest absolute Gasteiger partial charge is 0.346 e. The summed E-state index contributed by atoms with van der Waals surface area (Å²) in [7, 11) is 1.96. The highest BCUT2D eigenvalue weighted by molar-refractivity contribution is 7.21. The fourth-order valence-corrected chi connectivity index (χ4v) is 5.20. The van der Waals surface area contributed by atoms with Gasteiger partial charge in [-0.05, 0) is 54.4 Å². The Kier molecular flexibility index (Phi) is 6.16. The fourth-order valence-electron chi connectivity index (χ4n) is 4.43. The molecular weight excluding hydrogens is 411 g/mol. The van der Waals surface area contributed by atoms with Gasteiger partial charge >= 0.3 is 0 Å². The Labute approximate surface area is 187 Å². The lowest BCUT2D eigenvalue weighted by molar-refractivity contribution is -0.117. The second kappa shape index (κ2) is 8.84. The number of anilines is 1. The number of likely N-dealkylation sites (tertiary alicyclic amines) is 1. The summed E-state index contributed by atoms with van der Waals surface area (Å²) in [5.74, 6) is -0.176. The molecule has 9 heteroatoms. The highest BCUT2D eigenvalue weighted by Gasteiger charge is 2.33. The zero-order chi connectivity index (χ0) is 22.1. The van der Waals surface area contributed by atoms with Crippen LogP contribution in [-0.2, 0) is 4.79 Å². The van der Waals surface area contributed by atoms with Crippen LogP contribution in [0.4, 0.5) is 5.69 Å². The third-order valence-electron chi connectivity index (χ3n) is 6.09. The van der Waals surface area contributed by atoms with E-state index in [9.17, 15) is 14.4 Å². The molecule has 3 amide bonds. The number of nitrogens with one attached hydrogen (secondary N) is 1. The molecule has 162 valence electrons. The second-order valence-corrected chi connectivity index (χ2v) is 9.61. The maximum atomic E-state index is 13.0. The Hall–Kier alpha value is -2.65. The minimum absolute atomic E-state index is 0.00105. The number of aryl methyl sites for hydroxylation is 1. The van der Waals surface area contributed by atoms with Crippen LogP contribution in [0.25, 0.3) is 0 Å². The van der Waals surface area contributed by atoms with Crippen molar-refractivity contribution in [1.82, 2.24) is 10.2 Å². The van der Waals surface area contributed by atoms with E-state index in [1.165, 1.54) is 11.3 Å². The highest BCUT2D eigenvalue weighted by atomic mass is 32.1. The summed E-state index contributed by atoms with van der Waals surface area (Å²) in [6.45, 7) is 3.52. The van der Waals surface area contributed by atoms with Gasteiger partial charge in [-0.15, -0.1) is 11.3 Å². The van der Waals surface area contributed by atoms with E-state index < -0.39 is 0 Å². The van der Waals surface area contributed by atoms with Gasteiger partial charge in [-0.25, -0.2) is 0 Å². The quantitative estimate of drug-likeness (QED) is 0.662. The predicted molar refractivity (Wildman–Crippen MR) is 125 cm³/mol. The summed E-state index contributed by atoms with van der Waals surface area (Å²) in [6.07, 6.45) is 2.19. The molecule has 0 aliphatic carbocycles. The van der Waals surface area contributed by atoms with E-state index in [1.807, 2.05) is 37.9 Å². The molecule has 3 N–H and O–H groups in total. The van der Waals surface area contributed by atoms with Gasteiger partial charge in [0, 0.05) is 43.3 Å². The Morgan fingerprint density at radius 3 is 2.77 bits per heavy atom. The normalized spacial score (nSPS) is 21.0. The van der Waals surface area contributed by atoms with Gasteiger partial charge in [-0.1, -0.05) is 6.07 Å². The van der Waals surface area contributed by atoms with E-state index in [4.69, 9.17) is 5.73 Å². The number of nitrogens with two attached hydrogens (primary N) is 1. The Morgan fingerprint density at radius 2 is 2.10 bits per heavy atom. The second-order valence-electron chi connectivity index (χ2n) is 8.32. The number of carbonyl (C=O) groups is 3. The first-order valence-electron chi connectivity index (χ1n) is 10.7. The Balaban J connectivity index is 1.45. The summed E-state index contributed by atoms with van der Waals surface area (Å²) in [5.41, 5.74) is 8.05. The maximum absolute atomic E-state index is 13.0. The topological polar surface area (TPSA) is 95.7 Å². The van der Waals surface area contributed by atoms with Crippen LogP contribution in [0.3, 0.4) is 0 Å². The molecule has 1 unspecified atom stereocenters. The molecule has 2 saturated heterocycles. The molecule has 1 aromatic heterocycles. The van der Waals surface area contributed by atoms with Gasteiger partial charge in [0.15, 0.2) is 7.85 Å². The zero-order valence-electron chi connectivity index (χ0n) is 17.9. The first kappa shape index (κ1) is 21.6. The molecule has 0 radical (unpaired) electrons. The van der Waals surface area contributed by atoms with Crippen molar-refractivity contribution in [3.05, 3.63) is 46.3 Å². The highest BCUT2D eigenvalue weighted by Crippen LogP contribution is 2.27. The molecule has 0 bridgehead atoms. The van der Waals surface area contributed by atoms with Crippen molar-refractivity contribution in [3.8, 4) is 0 Å². The number of benzene rings is 1. The SMILES string of the molecule is Bc1ccc(C(=O)NC2CC(=O)N(c3ccc(C(=O)N4CCC[C@@H]4CN)c(C)c3)C2)s1. The van der Waals surface area contributed by atoms with Crippen LogP contribution in [0.15, 0.2) is 30.3 Å². The smallest absolute Gasteiger partial charge is 0.261 e. The molecule has 7 nitrogen and oxygen atoms in total. The lowest BCUT2D eigenvalue weighted by Crippen LogP contribution is -2.40. The van der Waals surface area contributed by atoms with Gasteiger partial charge in [0.2, 0.25) is 5.91 Å². The van der Waals surface area contributed by atoms with E-state index in [0.717, 1.165) is 35.4 Å². The summed E-state index contributed by atoms with van der Waals surface area (Å²) < 4.78 is 1.08. The number of rotatable bonds is 5. The number of hydrogen-bond donors (Lipinski definition) is 2. The molecule has 31 heavy (non-hydrogen) atoms. The van der Waals surface area contributed by atoms with Crippen LogP contribution in [0.1, 0.15) is 44.9 Å². The van der Waals surface area contributed by atoms with Crippen LogP contribution in [0.2, 0.25) is 0 Å². The van der Waals surface area contributed by atoms with Gasteiger partial charge < -0.3 is 20.9 Å². The zero-order valence-corrected chi connectivity index (χ0v) is 18.7. The summed E-state index contributed by atoms with van der Waals surface area (Å²) in [6, 6.07) is 9.08. The monoisotopic (exact) mass is 438 g/mol. The molecule has 3 heterocycles.